The summed E-state index contributed by atoms with van der Waals surface area (Å²) in [6.07, 6.45) is -4.70. The predicted octanol–water partition coefficient (Wildman–Crippen LogP) is 4.71. The monoisotopic (exact) mass is 386 g/mol. The van der Waals surface area contributed by atoms with E-state index in [0.29, 0.717) is 11.1 Å². The summed E-state index contributed by atoms with van der Waals surface area (Å²) >= 11 is 5.72. The molecule has 0 bridgehead atoms. The van der Waals surface area contributed by atoms with Crippen LogP contribution in [0.3, 0.4) is 0 Å². The molecule has 0 radical (unpaired) electrons. The number of hydrogen-bond acceptors (Lipinski definition) is 3. The van der Waals surface area contributed by atoms with Crippen LogP contribution in [0.4, 0.5) is 18.9 Å². The van der Waals surface area contributed by atoms with Crippen LogP contribution >= 0.6 is 11.6 Å². The highest BCUT2D eigenvalue weighted by molar-refractivity contribution is 7.92. The highest BCUT2D eigenvalue weighted by atomic mass is 35.5. The molecule has 130 valence electrons. The van der Waals surface area contributed by atoms with E-state index < -0.39 is 21.9 Å². The summed E-state index contributed by atoms with van der Waals surface area (Å²) < 4.78 is 66.2. The van der Waals surface area contributed by atoms with Gasteiger partial charge in [-0.25, -0.2) is 13.4 Å². The minimum Gasteiger partial charge on any atom is -0.279 e. The van der Waals surface area contributed by atoms with Crippen LogP contribution in [0.25, 0.3) is 10.9 Å². The van der Waals surface area contributed by atoms with Gasteiger partial charge in [0.05, 0.1) is 16.1 Å². The fourth-order valence-corrected chi connectivity index (χ4v) is 3.42. The van der Waals surface area contributed by atoms with Gasteiger partial charge < -0.3 is 0 Å². The quantitative estimate of drug-likeness (QED) is 0.709. The first kappa shape index (κ1) is 17.5. The molecule has 0 saturated carbocycles. The summed E-state index contributed by atoms with van der Waals surface area (Å²) in [4.78, 5) is 3.43. The molecular weight excluding hydrogens is 377 g/mol. The van der Waals surface area contributed by atoms with E-state index in [0.717, 1.165) is 0 Å². The summed E-state index contributed by atoms with van der Waals surface area (Å²) in [7, 11) is -4.09. The van der Waals surface area contributed by atoms with Gasteiger partial charge in [0.25, 0.3) is 10.0 Å². The van der Waals surface area contributed by atoms with E-state index in [1.54, 1.807) is 6.07 Å². The molecule has 1 N–H and O–H groups in total. The second-order valence-corrected chi connectivity index (χ2v) is 7.25. The average molecular weight is 387 g/mol. The van der Waals surface area contributed by atoms with E-state index >= 15 is 0 Å². The van der Waals surface area contributed by atoms with Crippen LogP contribution in [0.5, 0.6) is 0 Å². The molecule has 4 nitrogen and oxygen atoms in total. The number of benzene rings is 2. The lowest BCUT2D eigenvalue weighted by molar-refractivity contribution is -0.140. The van der Waals surface area contributed by atoms with Gasteiger partial charge in [-0.1, -0.05) is 29.8 Å². The topological polar surface area (TPSA) is 59.1 Å². The van der Waals surface area contributed by atoms with Crippen molar-refractivity contribution >= 4 is 38.2 Å². The lowest BCUT2D eigenvalue weighted by Gasteiger charge is -2.14. The van der Waals surface area contributed by atoms with Crippen LogP contribution < -0.4 is 4.72 Å². The van der Waals surface area contributed by atoms with E-state index in [1.807, 2.05) is 0 Å². The van der Waals surface area contributed by atoms with Gasteiger partial charge in [-0.15, -0.1) is 0 Å². The molecule has 3 aromatic rings. The molecule has 0 fully saturated rings. The zero-order chi connectivity index (χ0) is 18.2. The van der Waals surface area contributed by atoms with Crippen LogP contribution in [0.15, 0.2) is 59.5 Å². The number of pyridine rings is 1. The number of hydrogen-bond donors (Lipinski definition) is 1. The van der Waals surface area contributed by atoms with Gasteiger partial charge in [0, 0.05) is 10.4 Å². The van der Waals surface area contributed by atoms with Crippen molar-refractivity contribution in [3.63, 3.8) is 0 Å². The predicted molar refractivity (Wildman–Crippen MR) is 89.0 cm³/mol. The second kappa shape index (κ2) is 6.20. The van der Waals surface area contributed by atoms with Crippen molar-refractivity contribution in [2.75, 3.05) is 4.72 Å². The molecule has 0 unspecified atom stereocenters. The summed E-state index contributed by atoms with van der Waals surface area (Å²) in [6, 6.07) is 11.9. The lowest BCUT2D eigenvalue weighted by Crippen LogP contribution is -2.15. The largest absolute Gasteiger partial charge is 0.433 e. The van der Waals surface area contributed by atoms with Crippen molar-refractivity contribution < 1.29 is 21.6 Å². The molecule has 2 aromatic carbocycles. The van der Waals surface area contributed by atoms with Crippen molar-refractivity contribution in [3.05, 3.63) is 65.3 Å². The van der Waals surface area contributed by atoms with Crippen LogP contribution in [0.1, 0.15) is 5.69 Å². The molecule has 3 rings (SSSR count). The molecule has 0 aliphatic rings. The SMILES string of the molecule is O=S(=O)(Nc1cc(C(F)(F)F)nc2ccccc12)c1ccc(Cl)cc1. The number of para-hydroxylation sites is 1. The molecule has 0 aliphatic carbocycles. The van der Waals surface area contributed by atoms with Gasteiger partial charge in [-0.3, -0.25) is 4.72 Å². The molecule has 0 amide bonds. The number of alkyl halides is 3. The maximum absolute atomic E-state index is 13.0. The number of fused-ring (bicyclic) bond motifs is 1. The fraction of sp³-hybridized carbons (Fsp3) is 0.0625. The zero-order valence-corrected chi connectivity index (χ0v) is 14.0. The van der Waals surface area contributed by atoms with Crippen molar-refractivity contribution in [1.29, 1.82) is 0 Å². The van der Waals surface area contributed by atoms with Gasteiger partial charge >= 0.3 is 6.18 Å². The van der Waals surface area contributed by atoms with Gasteiger partial charge in [0.1, 0.15) is 5.69 Å². The summed E-state index contributed by atoms with van der Waals surface area (Å²) in [5.74, 6) is 0. The van der Waals surface area contributed by atoms with Crippen LogP contribution in [0.2, 0.25) is 5.02 Å². The normalized spacial score (nSPS) is 12.3. The fourth-order valence-electron chi connectivity index (χ4n) is 2.22. The zero-order valence-electron chi connectivity index (χ0n) is 12.4. The molecule has 1 aromatic heterocycles. The van der Waals surface area contributed by atoms with Crippen molar-refractivity contribution in [2.45, 2.75) is 11.1 Å². The Bertz CT molecular complexity index is 1040. The first-order valence-electron chi connectivity index (χ1n) is 6.92. The first-order valence-corrected chi connectivity index (χ1v) is 8.78. The van der Waals surface area contributed by atoms with E-state index in [1.165, 1.54) is 42.5 Å². The third kappa shape index (κ3) is 3.69. The first-order chi connectivity index (χ1) is 11.7. The van der Waals surface area contributed by atoms with Gasteiger partial charge in [0.2, 0.25) is 0 Å². The molecule has 1 heterocycles. The third-order valence-corrected chi connectivity index (χ3v) is 5.01. The smallest absolute Gasteiger partial charge is 0.279 e. The Morgan fingerprint density at radius 3 is 2.28 bits per heavy atom. The number of rotatable bonds is 3. The highest BCUT2D eigenvalue weighted by Gasteiger charge is 2.33. The molecule has 9 heteroatoms. The second-order valence-electron chi connectivity index (χ2n) is 5.13. The number of sulfonamides is 1. The summed E-state index contributed by atoms with van der Waals surface area (Å²) in [5, 5.41) is 0.598. The molecule has 0 spiro atoms. The van der Waals surface area contributed by atoms with Crippen LogP contribution in [-0.4, -0.2) is 13.4 Å². The van der Waals surface area contributed by atoms with Gasteiger partial charge in [-0.05, 0) is 36.4 Å². The summed E-state index contributed by atoms with van der Waals surface area (Å²) in [5.41, 5.74) is -1.35. The Kier molecular flexibility index (Phi) is 4.34. The Morgan fingerprint density at radius 1 is 1.00 bits per heavy atom. The Hall–Kier alpha value is -2.32. The number of nitrogens with one attached hydrogen (secondary N) is 1. The summed E-state index contributed by atoms with van der Waals surface area (Å²) in [6.45, 7) is 0. The van der Waals surface area contributed by atoms with Crippen molar-refractivity contribution in [1.82, 2.24) is 4.98 Å². The third-order valence-electron chi connectivity index (χ3n) is 3.37. The maximum Gasteiger partial charge on any atom is 0.433 e. The number of aromatic nitrogens is 1. The molecular formula is C16H10ClF3N2O2S. The molecule has 0 saturated heterocycles. The molecule has 25 heavy (non-hydrogen) atoms. The Morgan fingerprint density at radius 2 is 1.64 bits per heavy atom. The van der Waals surface area contributed by atoms with E-state index in [9.17, 15) is 21.6 Å². The van der Waals surface area contributed by atoms with Gasteiger partial charge in [0.15, 0.2) is 0 Å². The Labute approximate surface area is 146 Å². The number of halogens is 4. The minimum absolute atomic E-state index is 0.0335. The maximum atomic E-state index is 13.0. The van der Waals surface area contributed by atoms with Crippen molar-refractivity contribution in [3.8, 4) is 0 Å². The molecule has 0 atom stereocenters. The average Bonchev–Trinajstić information content (AvgIpc) is 2.54. The van der Waals surface area contributed by atoms with Crippen LogP contribution in [-0.2, 0) is 16.2 Å². The number of anilines is 1. The van der Waals surface area contributed by atoms with Crippen molar-refractivity contribution in [2.24, 2.45) is 0 Å². The standard InChI is InChI=1S/C16H10ClF3N2O2S/c17-10-5-7-11(8-6-10)25(23,24)22-14-9-15(16(18,19)20)21-13-4-2-1-3-12(13)14/h1-9H,(H,21,22). The van der Waals surface area contributed by atoms with Gasteiger partial charge in [-0.2, -0.15) is 13.2 Å². The van der Waals surface area contributed by atoms with E-state index in [-0.39, 0.29) is 21.5 Å². The van der Waals surface area contributed by atoms with E-state index in [4.69, 9.17) is 11.6 Å². The highest BCUT2D eigenvalue weighted by Crippen LogP contribution is 2.33. The van der Waals surface area contributed by atoms with E-state index in [2.05, 4.69) is 9.71 Å². The number of nitrogens with zero attached hydrogens (tertiary/aromatic N) is 1. The minimum atomic E-state index is -4.70. The van der Waals surface area contributed by atoms with Crippen LogP contribution in [0, 0.1) is 0 Å². The lowest BCUT2D eigenvalue weighted by atomic mass is 10.1. The molecule has 0 aliphatic heterocycles. The Balaban J connectivity index is 2.13.